The number of fused-ring (bicyclic) bond motifs is 1. The molecule has 130 valence electrons. The molecule has 0 fully saturated rings. The van der Waals surface area contributed by atoms with Crippen LogP contribution in [0.2, 0.25) is 0 Å². The van der Waals surface area contributed by atoms with Gasteiger partial charge in [-0.15, -0.1) is 11.8 Å². The molecule has 0 aliphatic carbocycles. The van der Waals surface area contributed by atoms with E-state index in [1.165, 1.54) is 27.6 Å². The van der Waals surface area contributed by atoms with E-state index in [-0.39, 0.29) is 0 Å². The highest BCUT2D eigenvalue weighted by Gasteiger charge is 2.10. The minimum absolute atomic E-state index is 0.766. The number of ether oxygens (including phenoxy) is 2. The fourth-order valence-electron chi connectivity index (χ4n) is 2.93. The molecule has 0 spiro atoms. The number of aromatic nitrogens is 1. The van der Waals surface area contributed by atoms with Gasteiger partial charge in [0, 0.05) is 11.1 Å². The third-order valence-corrected chi connectivity index (χ3v) is 5.40. The highest BCUT2D eigenvalue weighted by atomic mass is 32.2. The third kappa shape index (κ3) is 3.59. The normalized spacial score (nSPS) is 10.9. The Labute approximate surface area is 153 Å². The Kier molecular flexibility index (Phi) is 5.19. The number of aryl methyl sites for hydroxylation is 3. The van der Waals surface area contributed by atoms with Crippen LogP contribution in [0.3, 0.4) is 0 Å². The van der Waals surface area contributed by atoms with Gasteiger partial charge in [0.2, 0.25) is 0 Å². The van der Waals surface area contributed by atoms with E-state index in [1.54, 1.807) is 26.0 Å². The summed E-state index contributed by atoms with van der Waals surface area (Å²) in [4.78, 5) is 4.86. The Hall–Kier alpha value is -2.20. The number of benzene rings is 2. The van der Waals surface area contributed by atoms with Crippen LogP contribution in [0, 0.1) is 20.8 Å². The molecular formula is C21H23NO2S. The zero-order chi connectivity index (χ0) is 18.0. The predicted molar refractivity (Wildman–Crippen MR) is 105 cm³/mol. The highest BCUT2D eigenvalue weighted by molar-refractivity contribution is 7.98. The van der Waals surface area contributed by atoms with Crippen LogP contribution in [0.5, 0.6) is 11.5 Å². The molecule has 1 heterocycles. The molecule has 0 bridgehead atoms. The van der Waals surface area contributed by atoms with Gasteiger partial charge < -0.3 is 9.47 Å². The Bertz CT molecular complexity index is 921. The van der Waals surface area contributed by atoms with Crippen LogP contribution in [-0.4, -0.2) is 19.2 Å². The van der Waals surface area contributed by atoms with Gasteiger partial charge in [-0.25, -0.2) is 4.98 Å². The zero-order valence-electron chi connectivity index (χ0n) is 15.3. The summed E-state index contributed by atoms with van der Waals surface area (Å²) in [7, 11) is 3.33. The van der Waals surface area contributed by atoms with Crippen LogP contribution in [0.15, 0.2) is 41.4 Å². The van der Waals surface area contributed by atoms with Gasteiger partial charge in [0.1, 0.15) is 0 Å². The number of nitrogens with zero attached hydrogens (tertiary/aromatic N) is 1. The minimum Gasteiger partial charge on any atom is -0.493 e. The maximum Gasteiger partial charge on any atom is 0.161 e. The molecule has 1 aromatic heterocycles. The predicted octanol–water partition coefficient (Wildman–Crippen LogP) is 5.47. The molecule has 3 aromatic rings. The summed E-state index contributed by atoms with van der Waals surface area (Å²) in [5, 5.41) is 2.28. The molecule has 3 nitrogen and oxygen atoms in total. The Morgan fingerprint density at radius 2 is 1.60 bits per heavy atom. The maximum atomic E-state index is 5.43. The summed E-state index contributed by atoms with van der Waals surface area (Å²) >= 11 is 1.75. The second kappa shape index (κ2) is 7.36. The van der Waals surface area contributed by atoms with E-state index in [0.29, 0.717) is 0 Å². The van der Waals surface area contributed by atoms with Crippen molar-refractivity contribution in [2.45, 2.75) is 31.6 Å². The monoisotopic (exact) mass is 353 g/mol. The molecule has 0 aliphatic heterocycles. The Morgan fingerprint density at radius 1 is 0.880 bits per heavy atom. The number of methoxy groups -OCH3 is 2. The van der Waals surface area contributed by atoms with Gasteiger partial charge in [0.25, 0.3) is 0 Å². The topological polar surface area (TPSA) is 31.4 Å². The fraction of sp³-hybridized carbons (Fsp3) is 0.286. The summed E-state index contributed by atoms with van der Waals surface area (Å²) in [5.74, 6) is 2.38. The number of para-hydroxylation sites is 1. The smallest absolute Gasteiger partial charge is 0.161 e. The lowest BCUT2D eigenvalue weighted by atomic mass is 10.1. The minimum atomic E-state index is 0.766. The van der Waals surface area contributed by atoms with Gasteiger partial charge in [-0.2, -0.15) is 0 Å². The average molecular weight is 353 g/mol. The molecule has 0 aliphatic rings. The van der Waals surface area contributed by atoms with Crippen molar-refractivity contribution in [2.24, 2.45) is 0 Å². The van der Waals surface area contributed by atoms with Gasteiger partial charge in [-0.3, -0.25) is 0 Å². The zero-order valence-corrected chi connectivity index (χ0v) is 16.2. The summed E-state index contributed by atoms with van der Waals surface area (Å²) in [5.41, 5.74) is 5.99. The lowest BCUT2D eigenvalue weighted by Gasteiger charge is -2.13. The van der Waals surface area contributed by atoms with E-state index >= 15 is 0 Å². The molecule has 0 amide bonds. The number of rotatable bonds is 5. The molecule has 0 saturated carbocycles. The van der Waals surface area contributed by atoms with Crippen LogP contribution in [0.25, 0.3) is 10.9 Å². The van der Waals surface area contributed by atoms with Crippen molar-refractivity contribution < 1.29 is 9.47 Å². The SMILES string of the molecule is COc1cc(C)c(CSc2cc(C)c3cccc(C)c3n2)cc1OC. The quantitative estimate of drug-likeness (QED) is 0.569. The van der Waals surface area contributed by atoms with E-state index in [4.69, 9.17) is 14.5 Å². The average Bonchev–Trinajstić information content (AvgIpc) is 2.61. The number of thioether (sulfide) groups is 1. The fourth-order valence-corrected chi connectivity index (χ4v) is 3.97. The first-order chi connectivity index (χ1) is 12.0. The van der Waals surface area contributed by atoms with Crippen LogP contribution < -0.4 is 9.47 Å². The molecule has 0 unspecified atom stereocenters. The van der Waals surface area contributed by atoms with Crippen LogP contribution >= 0.6 is 11.8 Å². The molecule has 25 heavy (non-hydrogen) atoms. The highest BCUT2D eigenvalue weighted by Crippen LogP contribution is 2.34. The van der Waals surface area contributed by atoms with Gasteiger partial charge in [-0.1, -0.05) is 18.2 Å². The molecule has 3 rings (SSSR count). The first-order valence-electron chi connectivity index (χ1n) is 8.24. The molecule has 4 heteroatoms. The second-order valence-electron chi connectivity index (χ2n) is 6.17. The maximum absolute atomic E-state index is 5.43. The molecule has 0 atom stereocenters. The first kappa shape index (κ1) is 17.6. The third-order valence-electron chi connectivity index (χ3n) is 4.44. The van der Waals surface area contributed by atoms with Crippen molar-refractivity contribution in [3.8, 4) is 11.5 Å². The van der Waals surface area contributed by atoms with Crippen molar-refractivity contribution in [1.29, 1.82) is 0 Å². The van der Waals surface area contributed by atoms with Crippen molar-refractivity contribution in [1.82, 2.24) is 4.98 Å². The van der Waals surface area contributed by atoms with Gasteiger partial charge in [0.15, 0.2) is 11.5 Å². The van der Waals surface area contributed by atoms with Crippen molar-refractivity contribution >= 4 is 22.7 Å². The van der Waals surface area contributed by atoms with Crippen LogP contribution in [0.1, 0.15) is 22.3 Å². The van der Waals surface area contributed by atoms with Gasteiger partial charge in [0.05, 0.1) is 24.8 Å². The summed E-state index contributed by atoms with van der Waals surface area (Å²) < 4.78 is 10.8. The number of pyridine rings is 1. The van der Waals surface area contributed by atoms with E-state index in [1.807, 2.05) is 6.07 Å². The van der Waals surface area contributed by atoms with E-state index in [9.17, 15) is 0 Å². The van der Waals surface area contributed by atoms with E-state index in [0.717, 1.165) is 27.8 Å². The van der Waals surface area contributed by atoms with Crippen molar-refractivity contribution in [3.63, 3.8) is 0 Å². The van der Waals surface area contributed by atoms with Crippen molar-refractivity contribution in [2.75, 3.05) is 14.2 Å². The van der Waals surface area contributed by atoms with Gasteiger partial charge in [-0.05, 0) is 61.2 Å². The standard InChI is InChI=1S/C21H23NO2S/c1-13-7-6-8-17-15(3)10-20(22-21(13)17)25-12-16-11-19(24-5)18(23-4)9-14(16)2/h6-11H,12H2,1-5H3. The lowest BCUT2D eigenvalue weighted by Crippen LogP contribution is -1.95. The lowest BCUT2D eigenvalue weighted by molar-refractivity contribution is 0.354. The first-order valence-corrected chi connectivity index (χ1v) is 9.23. The van der Waals surface area contributed by atoms with E-state index < -0.39 is 0 Å². The largest absolute Gasteiger partial charge is 0.493 e. The molecule has 0 N–H and O–H groups in total. The number of hydrogen-bond donors (Lipinski definition) is 0. The van der Waals surface area contributed by atoms with Crippen LogP contribution in [0.4, 0.5) is 0 Å². The summed E-state index contributed by atoms with van der Waals surface area (Å²) in [6.07, 6.45) is 0. The Balaban J connectivity index is 1.89. The van der Waals surface area contributed by atoms with Crippen molar-refractivity contribution in [3.05, 3.63) is 58.7 Å². The molecule has 0 saturated heterocycles. The van der Waals surface area contributed by atoms with E-state index in [2.05, 4.69) is 51.1 Å². The molecule has 2 aromatic carbocycles. The molecule has 0 radical (unpaired) electrons. The number of hydrogen-bond acceptors (Lipinski definition) is 4. The second-order valence-corrected chi connectivity index (χ2v) is 7.17. The molecular weight excluding hydrogens is 330 g/mol. The Morgan fingerprint density at radius 3 is 2.32 bits per heavy atom. The summed E-state index contributed by atoms with van der Waals surface area (Å²) in [6, 6.07) is 12.6. The van der Waals surface area contributed by atoms with Crippen LogP contribution in [-0.2, 0) is 5.75 Å². The van der Waals surface area contributed by atoms with Gasteiger partial charge >= 0.3 is 0 Å². The summed E-state index contributed by atoms with van der Waals surface area (Å²) in [6.45, 7) is 6.36.